The number of nitrogens with one attached hydrogen (secondary N) is 1. The molecule has 0 aromatic heterocycles. The van der Waals surface area contributed by atoms with E-state index in [1.54, 1.807) is 0 Å². The lowest BCUT2D eigenvalue weighted by Crippen LogP contribution is -2.35. The van der Waals surface area contributed by atoms with Crippen molar-refractivity contribution in [3.05, 3.63) is 0 Å². The van der Waals surface area contributed by atoms with Gasteiger partial charge in [0.25, 0.3) is 0 Å². The van der Waals surface area contributed by atoms with E-state index in [1.165, 1.54) is 12.8 Å². The van der Waals surface area contributed by atoms with Gasteiger partial charge in [0.1, 0.15) is 0 Å². The lowest BCUT2D eigenvalue weighted by Gasteiger charge is -2.20. The van der Waals surface area contributed by atoms with E-state index in [0.29, 0.717) is 17.8 Å². The van der Waals surface area contributed by atoms with Crippen LogP contribution in [0.2, 0.25) is 0 Å². The largest absolute Gasteiger partial charge is 0.389 e. The Morgan fingerprint density at radius 2 is 2.06 bits per heavy atom. The molecule has 16 heavy (non-hydrogen) atoms. The molecule has 1 fully saturated rings. The van der Waals surface area contributed by atoms with Gasteiger partial charge in [-0.25, -0.2) is 0 Å². The summed E-state index contributed by atoms with van der Waals surface area (Å²) >= 11 is 1.93. The van der Waals surface area contributed by atoms with Gasteiger partial charge in [-0.05, 0) is 31.6 Å². The van der Waals surface area contributed by atoms with Crippen LogP contribution in [0.1, 0.15) is 39.0 Å². The van der Waals surface area contributed by atoms with Crippen LogP contribution in [-0.2, 0) is 0 Å². The van der Waals surface area contributed by atoms with Crippen molar-refractivity contribution in [2.75, 3.05) is 12.3 Å². The summed E-state index contributed by atoms with van der Waals surface area (Å²) in [4.78, 5) is 0. The first-order chi connectivity index (χ1) is 7.53. The van der Waals surface area contributed by atoms with E-state index in [-0.39, 0.29) is 6.42 Å². The van der Waals surface area contributed by atoms with E-state index in [2.05, 4.69) is 12.2 Å². The normalized spacial score (nSPS) is 26.2. The van der Waals surface area contributed by atoms with Gasteiger partial charge in [-0.3, -0.25) is 0 Å². The Hall–Kier alpha value is 0.100. The molecule has 96 valence electrons. The highest BCUT2D eigenvalue weighted by Crippen LogP contribution is 2.30. The molecule has 1 aliphatic rings. The highest BCUT2D eigenvalue weighted by molar-refractivity contribution is 7.99. The van der Waals surface area contributed by atoms with E-state index in [4.69, 9.17) is 0 Å². The van der Waals surface area contributed by atoms with Gasteiger partial charge in [0.05, 0.1) is 0 Å². The summed E-state index contributed by atoms with van der Waals surface area (Å²) in [5, 5.41) is 3.88. The van der Waals surface area contributed by atoms with E-state index in [0.717, 1.165) is 12.2 Å². The van der Waals surface area contributed by atoms with Gasteiger partial charge in [0.2, 0.25) is 0 Å². The third-order valence-corrected chi connectivity index (χ3v) is 4.20. The monoisotopic (exact) mass is 255 g/mol. The Bertz CT molecular complexity index is 196. The van der Waals surface area contributed by atoms with Crippen molar-refractivity contribution in [2.45, 2.75) is 56.5 Å². The third-order valence-electron chi connectivity index (χ3n) is 2.88. The fourth-order valence-electron chi connectivity index (χ4n) is 2.15. The fraction of sp³-hybridized carbons (Fsp3) is 1.00. The molecule has 1 N–H and O–H groups in total. The molecule has 2 atom stereocenters. The molecule has 1 rings (SSSR count). The van der Waals surface area contributed by atoms with Crippen molar-refractivity contribution < 1.29 is 13.2 Å². The molecule has 0 radical (unpaired) electrons. The van der Waals surface area contributed by atoms with E-state index in [1.807, 2.05) is 11.8 Å². The van der Waals surface area contributed by atoms with Gasteiger partial charge in [-0.2, -0.15) is 24.9 Å². The third kappa shape index (κ3) is 5.43. The quantitative estimate of drug-likeness (QED) is 0.728. The molecule has 0 amide bonds. The van der Waals surface area contributed by atoms with Crippen molar-refractivity contribution in [2.24, 2.45) is 0 Å². The first kappa shape index (κ1) is 14.2. The molecule has 1 saturated carbocycles. The molecule has 1 nitrogen and oxygen atoms in total. The van der Waals surface area contributed by atoms with Crippen LogP contribution in [0.3, 0.4) is 0 Å². The Kier molecular flexibility index (Phi) is 5.97. The van der Waals surface area contributed by atoms with Crippen molar-refractivity contribution in [3.63, 3.8) is 0 Å². The Morgan fingerprint density at radius 1 is 1.31 bits per heavy atom. The van der Waals surface area contributed by atoms with Gasteiger partial charge in [-0.1, -0.05) is 13.3 Å². The number of hydrogen-bond acceptors (Lipinski definition) is 2. The van der Waals surface area contributed by atoms with Crippen molar-refractivity contribution in [1.29, 1.82) is 0 Å². The Balaban J connectivity index is 2.12. The van der Waals surface area contributed by atoms with Crippen LogP contribution in [0.4, 0.5) is 13.2 Å². The standard InChI is InChI=1S/C11H20F3NS/c1-2-16-10-6-3-5-9(10)15-8-4-7-11(12,13)14/h9-10,15H,2-8H2,1H3. The SMILES string of the molecule is CCSC1CCCC1NCCCC(F)(F)F. The van der Waals surface area contributed by atoms with Crippen LogP contribution in [0.15, 0.2) is 0 Å². The highest BCUT2D eigenvalue weighted by Gasteiger charge is 2.28. The first-order valence-corrected chi connectivity index (χ1v) is 6.99. The zero-order valence-corrected chi connectivity index (χ0v) is 10.5. The zero-order chi connectivity index (χ0) is 12.0. The lowest BCUT2D eigenvalue weighted by atomic mass is 10.2. The summed E-state index contributed by atoms with van der Waals surface area (Å²) in [5.41, 5.74) is 0. The maximum absolute atomic E-state index is 11.9. The zero-order valence-electron chi connectivity index (χ0n) is 9.65. The molecule has 5 heteroatoms. The first-order valence-electron chi connectivity index (χ1n) is 5.94. The second-order valence-corrected chi connectivity index (χ2v) is 5.72. The van der Waals surface area contributed by atoms with Crippen molar-refractivity contribution in [3.8, 4) is 0 Å². The summed E-state index contributed by atoms with van der Waals surface area (Å²) in [5.74, 6) is 1.09. The highest BCUT2D eigenvalue weighted by atomic mass is 32.2. The molecular formula is C11H20F3NS. The van der Waals surface area contributed by atoms with Gasteiger partial charge in [0.15, 0.2) is 0 Å². The minimum atomic E-state index is -4.01. The maximum Gasteiger partial charge on any atom is 0.389 e. The predicted octanol–water partition coefficient (Wildman–Crippen LogP) is 3.59. The van der Waals surface area contributed by atoms with E-state index in [9.17, 15) is 13.2 Å². The summed E-state index contributed by atoms with van der Waals surface area (Å²) in [6.07, 6.45) is -0.954. The topological polar surface area (TPSA) is 12.0 Å². The van der Waals surface area contributed by atoms with Gasteiger partial charge in [0, 0.05) is 17.7 Å². The second kappa shape index (κ2) is 6.74. The minimum Gasteiger partial charge on any atom is -0.313 e. The molecule has 0 saturated heterocycles. The summed E-state index contributed by atoms with van der Waals surface area (Å²) in [6.45, 7) is 2.62. The molecule has 0 spiro atoms. The van der Waals surface area contributed by atoms with Crippen molar-refractivity contribution in [1.82, 2.24) is 5.32 Å². The minimum absolute atomic E-state index is 0.198. The molecule has 1 aliphatic carbocycles. The lowest BCUT2D eigenvalue weighted by molar-refractivity contribution is -0.135. The maximum atomic E-state index is 11.9. The van der Waals surface area contributed by atoms with Crippen LogP contribution >= 0.6 is 11.8 Å². The molecule has 0 aromatic carbocycles. The smallest absolute Gasteiger partial charge is 0.313 e. The molecule has 2 unspecified atom stereocenters. The Morgan fingerprint density at radius 3 is 2.69 bits per heavy atom. The number of thioether (sulfide) groups is 1. The summed E-state index contributed by atoms with van der Waals surface area (Å²) < 4.78 is 35.8. The Labute approximate surface area is 99.6 Å². The van der Waals surface area contributed by atoms with Crippen LogP contribution in [0.5, 0.6) is 0 Å². The number of alkyl halides is 3. The van der Waals surface area contributed by atoms with Gasteiger partial charge >= 0.3 is 6.18 Å². The molecule has 0 bridgehead atoms. The average Bonchev–Trinajstić information content (AvgIpc) is 2.60. The average molecular weight is 255 g/mol. The predicted molar refractivity (Wildman–Crippen MR) is 62.9 cm³/mol. The van der Waals surface area contributed by atoms with Crippen LogP contribution < -0.4 is 5.32 Å². The van der Waals surface area contributed by atoms with E-state index < -0.39 is 12.6 Å². The number of halogens is 3. The number of hydrogen-bond donors (Lipinski definition) is 1. The molecule has 0 heterocycles. The van der Waals surface area contributed by atoms with Crippen LogP contribution in [0, 0.1) is 0 Å². The van der Waals surface area contributed by atoms with E-state index >= 15 is 0 Å². The van der Waals surface area contributed by atoms with Gasteiger partial charge in [-0.15, -0.1) is 0 Å². The summed E-state index contributed by atoms with van der Waals surface area (Å²) in [6, 6.07) is 0.429. The molecule has 0 aromatic rings. The van der Waals surface area contributed by atoms with Crippen molar-refractivity contribution >= 4 is 11.8 Å². The molecular weight excluding hydrogens is 235 g/mol. The molecule has 0 aliphatic heterocycles. The second-order valence-electron chi connectivity index (χ2n) is 4.20. The van der Waals surface area contributed by atoms with Crippen LogP contribution in [0.25, 0.3) is 0 Å². The number of rotatable bonds is 6. The van der Waals surface area contributed by atoms with Crippen LogP contribution in [-0.4, -0.2) is 29.8 Å². The fourth-order valence-corrected chi connectivity index (χ4v) is 3.38. The van der Waals surface area contributed by atoms with Gasteiger partial charge < -0.3 is 5.32 Å². The summed E-state index contributed by atoms with van der Waals surface area (Å²) in [7, 11) is 0.